The number of aliphatic hydroxyl groups is 1. The molecular weight excluding hydrogens is 362 g/mol. The second-order valence-electron chi connectivity index (χ2n) is 6.72. The lowest BCUT2D eigenvalue weighted by Gasteiger charge is -2.11. The molecule has 2 aromatic heterocycles. The average molecular weight is 391 g/mol. The Morgan fingerprint density at radius 2 is 2.25 bits per heavy atom. The number of hydrogen-bond donors (Lipinski definition) is 3. The van der Waals surface area contributed by atoms with Crippen molar-refractivity contribution in [3.63, 3.8) is 0 Å². The fourth-order valence-electron chi connectivity index (χ4n) is 3.31. The molecule has 3 rings (SSSR count). The van der Waals surface area contributed by atoms with Gasteiger partial charge in [-0.05, 0) is 32.1 Å². The van der Waals surface area contributed by atoms with Crippen molar-refractivity contribution in [3.8, 4) is 0 Å². The van der Waals surface area contributed by atoms with E-state index in [2.05, 4.69) is 20.4 Å². The second-order valence-corrected chi connectivity index (χ2v) is 6.72. The molecule has 0 saturated carbocycles. The summed E-state index contributed by atoms with van der Waals surface area (Å²) < 4.78 is 12.9. The van der Waals surface area contributed by atoms with Crippen LogP contribution in [0.5, 0.6) is 0 Å². The van der Waals surface area contributed by atoms with Crippen molar-refractivity contribution in [2.75, 3.05) is 26.4 Å². The van der Waals surface area contributed by atoms with Crippen LogP contribution in [-0.4, -0.2) is 57.1 Å². The minimum absolute atomic E-state index is 0.0514. The molecule has 0 spiro atoms. The van der Waals surface area contributed by atoms with Crippen LogP contribution >= 0.6 is 0 Å². The smallest absolute Gasteiger partial charge is 0.255 e. The highest BCUT2D eigenvalue weighted by Gasteiger charge is 2.22. The third kappa shape index (κ3) is 5.18. The van der Waals surface area contributed by atoms with E-state index in [-0.39, 0.29) is 5.91 Å². The first-order valence-corrected chi connectivity index (χ1v) is 9.94. The molecule has 2 aromatic rings. The van der Waals surface area contributed by atoms with Crippen molar-refractivity contribution in [1.29, 1.82) is 0 Å². The van der Waals surface area contributed by atoms with E-state index in [1.54, 1.807) is 12.4 Å². The predicted octanol–water partition coefficient (Wildman–Crippen LogP) is 1.35. The van der Waals surface area contributed by atoms with Gasteiger partial charge in [0.2, 0.25) is 6.29 Å². The van der Waals surface area contributed by atoms with Gasteiger partial charge < -0.3 is 24.9 Å². The Kier molecular flexibility index (Phi) is 7.58. The molecule has 0 aromatic carbocycles. The van der Waals surface area contributed by atoms with Crippen LogP contribution in [0.4, 0.5) is 0 Å². The quantitative estimate of drug-likeness (QED) is 0.485. The number of carbonyl (C=O) groups is 1. The number of aromatic nitrogens is 4. The Morgan fingerprint density at radius 1 is 1.39 bits per heavy atom. The van der Waals surface area contributed by atoms with E-state index in [4.69, 9.17) is 9.47 Å². The Morgan fingerprint density at radius 3 is 3.04 bits per heavy atom. The van der Waals surface area contributed by atoms with Gasteiger partial charge in [-0.25, -0.2) is 4.98 Å². The van der Waals surface area contributed by atoms with Crippen molar-refractivity contribution in [3.05, 3.63) is 35.2 Å². The molecule has 9 nitrogen and oxygen atoms in total. The van der Waals surface area contributed by atoms with Crippen LogP contribution in [0, 0.1) is 0 Å². The van der Waals surface area contributed by atoms with E-state index in [0.717, 1.165) is 30.7 Å². The van der Waals surface area contributed by atoms with Gasteiger partial charge in [-0.1, -0.05) is 6.92 Å². The minimum atomic E-state index is -1.07. The first kappa shape index (κ1) is 20.5. The highest BCUT2D eigenvalue weighted by Crippen LogP contribution is 2.19. The lowest BCUT2D eigenvalue weighted by Crippen LogP contribution is -2.26. The van der Waals surface area contributed by atoms with Crippen molar-refractivity contribution in [1.82, 2.24) is 25.1 Å². The lowest BCUT2D eigenvalue weighted by molar-refractivity contribution is -0.109. The second kappa shape index (κ2) is 10.4. The van der Waals surface area contributed by atoms with Crippen LogP contribution in [0.3, 0.4) is 0 Å². The van der Waals surface area contributed by atoms with Gasteiger partial charge in [-0.2, -0.15) is 5.10 Å². The summed E-state index contributed by atoms with van der Waals surface area (Å²) in [5.74, 6) is 0.335. The SMILES string of the molecule is CCc1nn(CCCOC(O)c2ncc[nH]2)c2c1C(=O)NCCCOCCC2. The zero-order valence-corrected chi connectivity index (χ0v) is 16.3. The van der Waals surface area contributed by atoms with E-state index >= 15 is 0 Å². The van der Waals surface area contributed by atoms with Crippen LogP contribution in [0.15, 0.2) is 12.4 Å². The molecule has 0 fully saturated rings. The number of nitrogens with one attached hydrogen (secondary N) is 2. The summed E-state index contributed by atoms with van der Waals surface area (Å²) in [6.07, 6.45) is 5.90. The summed E-state index contributed by atoms with van der Waals surface area (Å²) >= 11 is 0. The molecule has 1 unspecified atom stereocenters. The van der Waals surface area contributed by atoms with Crippen LogP contribution in [0.2, 0.25) is 0 Å². The van der Waals surface area contributed by atoms with Crippen molar-refractivity contribution < 1.29 is 19.4 Å². The lowest BCUT2D eigenvalue weighted by atomic mass is 10.1. The van der Waals surface area contributed by atoms with E-state index in [1.165, 1.54) is 0 Å². The zero-order valence-electron chi connectivity index (χ0n) is 16.3. The largest absolute Gasteiger partial charge is 0.381 e. The maximum Gasteiger partial charge on any atom is 0.255 e. The van der Waals surface area contributed by atoms with Crippen LogP contribution < -0.4 is 5.32 Å². The molecule has 28 heavy (non-hydrogen) atoms. The Labute approximate surface area is 164 Å². The summed E-state index contributed by atoms with van der Waals surface area (Å²) in [7, 11) is 0. The molecule has 0 saturated heterocycles. The van der Waals surface area contributed by atoms with Crippen molar-refractivity contribution >= 4 is 5.91 Å². The Bertz CT molecular complexity index is 744. The molecule has 9 heteroatoms. The van der Waals surface area contributed by atoms with E-state index in [1.807, 2.05) is 11.6 Å². The Balaban J connectivity index is 1.65. The molecule has 1 amide bonds. The maximum atomic E-state index is 12.7. The van der Waals surface area contributed by atoms with Gasteiger partial charge in [-0.15, -0.1) is 0 Å². The van der Waals surface area contributed by atoms with Crippen molar-refractivity contribution in [2.45, 2.75) is 51.9 Å². The number of carbonyl (C=O) groups excluding carboxylic acids is 1. The molecule has 1 aliphatic rings. The number of rotatable bonds is 7. The minimum Gasteiger partial charge on any atom is -0.381 e. The van der Waals surface area contributed by atoms with E-state index < -0.39 is 6.29 Å². The van der Waals surface area contributed by atoms with Gasteiger partial charge in [-0.3, -0.25) is 9.48 Å². The summed E-state index contributed by atoms with van der Waals surface area (Å²) in [6, 6.07) is 0. The van der Waals surface area contributed by atoms with Crippen LogP contribution in [-0.2, 0) is 28.9 Å². The molecule has 3 N–H and O–H groups in total. The number of aliphatic hydroxyl groups excluding tert-OH is 1. The van der Waals surface area contributed by atoms with E-state index in [9.17, 15) is 9.90 Å². The number of ether oxygens (including phenoxy) is 2. The van der Waals surface area contributed by atoms with E-state index in [0.29, 0.717) is 57.1 Å². The molecule has 0 radical (unpaired) electrons. The number of amides is 1. The first-order chi connectivity index (χ1) is 13.7. The number of imidazole rings is 1. The molecular formula is C19H29N5O4. The third-order valence-electron chi connectivity index (χ3n) is 4.69. The number of H-pyrrole nitrogens is 1. The fraction of sp³-hybridized carbons (Fsp3) is 0.632. The topological polar surface area (TPSA) is 114 Å². The molecule has 0 aliphatic carbocycles. The van der Waals surface area contributed by atoms with Gasteiger partial charge in [0, 0.05) is 38.7 Å². The summed E-state index contributed by atoms with van der Waals surface area (Å²) in [5, 5.41) is 17.6. The number of nitrogens with zero attached hydrogens (tertiary/aromatic N) is 3. The predicted molar refractivity (Wildman–Crippen MR) is 102 cm³/mol. The van der Waals surface area contributed by atoms with Crippen LogP contribution in [0.1, 0.15) is 60.0 Å². The summed E-state index contributed by atoms with van der Waals surface area (Å²) in [6.45, 7) is 4.93. The zero-order chi connectivity index (χ0) is 19.8. The number of hydrogen-bond acceptors (Lipinski definition) is 6. The summed E-state index contributed by atoms with van der Waals surface area (Å²) in [5.41, 5.74) is 2.48. The normalized spacial score (nSPS) is 16.9. The molecule has 1 aliphatic heterocycles. The van der Waals surface area contributed by atoms with Gasteiger partial charge in [0.25, 0.3) is 5.91 Å². The maximum absolute atomic E-state index is 12.7. The molecule has 1 atom stereocenters. The highest BCUT2D eigenvalue weighted by molar-refractivity contribution is 5.96. The fourth-order valence-corrected chi connectivity index (χ4v) is 3.31. The monoisotopic (exact) mass is 391 g/mol. The van der Waals surface area contributed by atoms with Crippen molar-refractivity contribution in [2.24, 2.45) is 0 Å². The van der Waals surface area contributed by atoms with Gasteiger partial charge in [0.05, 0.1) is 23.6 Å². The standard InChI is InChI=1S/C19H29N5O4/c1-2-14-16-15(6-3-11-27-12-4-7-22-18(16)25)24(23-14)10-5-13-28-19(26)17-20-8-9-21-17/h8-9,19,26H,2-7,10-13H2,1H3,(H,20,21)(H,22,25). The first-order valence-electron chi connectivity index (χ1n) is 9.94. The number of aryl methyl sites for hydroxylation is 2. The highest BCUT2D eigenvalue weighted by atomic mass is 16.6. The average Bonchev–Trinajstić information content (AvgIpc) is 3.34. The molecule has 154 valence electrons. The van der Waals surface area contributed by atoms with Gasteiger partial charge >= 0.3 is 0 Å². The number of fused-ring (bicyclic) bond motifs is 1. The van der Waals surface area contributed by atoms with Gasteiger partial charge in [0.1, 0.15) is 0 Å². The third-order valence-corrected chi connectivity index (χ3v) is 4.69. The number of aromatic amines is 1. The molecule has 3 heterocycles. The van der Waals surface area contributed by atoms with Crippen LogP contribution in [0.25, 0.3) is 0 Å². The Hall–Kier alpha value is -2.23. The van der Waals surface area contributed by atoms with Gasteiger partial charge in [0.15, 0.2) is 5.82 Å². The summed E-state index contributed by atoms with van der Waals surface area (Å²) in [4.78, 5) is 19.5. The molecule has 0 bridgehead atoms.